The highest BCUT2D eigenvalue weighted by Crippen LogP contribution is 2.33. The smallest absolute Gasteiger partial charge is 0.276 e. The van der Waals surface area contributed by atoms with Gasteiger partial charge >= 0.3 is 0 Å². The van der Waals surface area contributed by atoms with Gasteiger partial charge in [0, 0.05) is 17.4 Å². The van der Waals surface area contributed by atoms with Crippen LogP contribution in [-0.4, -0.2) is 29.3 Å². The number of hydrogen-bond donors (Lipinski definition) is 2. The number of nitrogens with one attached hydrogen (secondary N) is 2. The Bertz CT molecular complexity index is 1020. The van der Waals surface area contributed by atoms with Gasteiger partial charge in [0.05, 0.1) is 0 Å². The van der Waals surface area contributed by atoms with Crippen molar-refractivity contribution >= 4 is 23.1 Å². The fraction of sp³-hybridized carbons (Fsp3) is 0.190. The number of aromatic nitrogens is 2. The number of anilines is 3. The number of fused-ring (bicyclic) bond motifs is 1. The predicted octanol–water partition coefficient (Wildman–Crippen LogP) is 3.86. The minimum Gasteiger partial charge on any atom is -0.486 e. The lowest BCUT2D eigenvalue weighted by atomic mass is 10.1. The second kappa shape index (κ2) is 7.56. The van der Waals surface area contributed by atoms with Crippen LogP contribution in [0.3, 0.4) is 0 Å². The third kappa shape index (κ3) is 3.88. The highest BCUT2D eigenvalue weighted by molar-refractivity contribution is 6.02. The predicted molar refractivity (Wildman–Crippen MR) is 107 cm³/mol. The standard InChI is InChI=1S/C21H20N4O3/c1-13-3-4-15(11-14(13)2)23-21(26)17-6-8-20(25-24-17)22-16-5-7-18-19(12-16)28-10-9-27-18/h3-8,11-12H,9-10H2,1-2H3,(H,22,25)(H,23,26). The summed E-state index contributed by atoms with van der Waals surface area (Å²) in [6, 6.07) is 14.7. The Morgan fingerprint density at radius 3 is 2.39 bits per heavy atom. The molecule has 1 aliphatic rings. The maximum Gasteiger partial charge on any atom is 0.276 e. The van der Waals surface area contributed by atoms with Gasteiger partial charge in [0.1, 0.15) is 13.2 Å². The SMILES string of the molecule is Cc1ccc(NC(=O)c2ccc(Nc3ccc4c(c3)OCCO4)nn2)cc1C. The van der Waals surface area contributed by atoms with Crippen molar-refractivity contribution in [3.8, 4) is 11.5 Å². The third-order valence-corrected chi connectivity index (χ3v) is 4.48. The van der Waals surface area contributed by atoms with Crippen molar-refractivity contribution in [2.75, 3.05) is 23.8 Å². The monoisotopic (exact) mass is 376 g/mol. The molecule has 0 atom stereocenters. The van der Waals surface area contributed by atoms with E-state index in [2.05, 4.69) is 20.8 Å². The van der Waals surface area contributed by atoms with Crippen molar-refractivity contribution in [2.45, 2.75) is 13.8 Å². The first-order valence-corrected chi connectivity index (χ1v) is 8.97. The summed E-state index contributed by atoms with van der Waals surface area (Å²) in [5, 5.41) is 14.1. The summed E-state index contributed by atoms with van der Waals surface area (Å²) in [5.74, 6) is 1.64. The molecular weight excluding hydrogens is 356 g/mol. The molecule has 2 N–H and O–H groups in total. The Morgan fingerprint density at radius 2 is 1.64 bits per heavy atom. The first-order chi connectivity index (χ1) is 13.6. The number of benzene rings is 2. The molecule has 1 aromatic heterocycles. The molecule has 1 aliphatic heterocycles. The van der Waals surface area contributed by atoms with Crippen molar-refractivity contribution in [3.63, 3.8) is 0 Å². The molecule has 0 saturated heterocycles. The largest absolute Gasteiger partial charge is 0.486 e. The molecule has 3 aromatic rings. The van der Waals surface area contributed by atoms with E-state index in [1.807, 2.05) is 50.2 Å². The lowest BCUT2D eigenvalue weighted by Gasteiger charge is -2.19. The van der Waals surface area contributed by atoms with E-state index in [4.69, 9.17) is 9.47 Å². The molecule has 2 heterocycles. The van der Waals surface area contributed by atoms with Gasteiger partial charge in [-0.2, -0.15) is 0 Å². The van der Waals surface area contributed by atoms with Crippen LogP contribution in [0.5, 0.6) is 11.5 Å². The molecule has 7 heteroatoms. The van der Waals surface area contributed by atoms with Gasteiger partial charge in [-0.1, -0.05) is 6.07 Å². The van der Waals surface area contributed by atoms with Crippen molar-refractivity contribution in [1.29, 1.82) is 0 Å². The Labute approximate surface area is 162 Å². The van der Waals surface area contributed by atoms with E-state index >= 15 is 0 Å². The average molecular weight is 376 g/mol. The summed E-state index contributed by atoms with van der Waals surface area (Å²) in [7, 11) is 0. The summed E-state index contributed by atoms with van der Waals surface area (Å²) < 4.78 is 11.1. The van der Waals surface area contributed by atoms with Crippen LogP contribution in [0, 0.1) is 13.8 Å². The van der Waals surface area contributed by atoms with E-state index in [-0.39, 0.29) is 11.6 Å². The molecule has 0 unspecified atom stereocenters. The lowest BCUT2D eigenvalue weighted by Crippen LogP contribution is -2.15. The van der Waals surface area contributed by atoms with Crippen molar-refractivity contribution in [1.82, 2.24) is 10.2 Å². The van der Waals surface area contributed by atoms with Crippen LogP contribution < -0.4 is 20.1 Å². The number of ether oxygens (including phenoxy) is 2. The molecule has 1 amide bonds. The number of hydrogen-bond acceptors (Lipinski definition) is 6. The first kappa shape index (κ1) is 17.8. The van der Waals surface area contributed by atoms with Gasteiger partial charge in [-0.25, -0.2) is 0 Å². The minimum absolute atomic E-state index is 0.242. The van der Waals surface area contributed by atoms with Crippen molar-refractivity contribution in [2.24, 2.45) is 0 Å². The van der Waals surface area contributed by atoms with Crippen molar-refractivity contribution in [3.05, 3.63) is 65.4 Å². The van der Waals surface area contributed by atoms with Gasteiger partial charge in [0.25, 0.3) is 5.91 Å². The zero-order chi connectivity index (χ0) is 19.5. The van der Waals surface area contributed by atoms with Crippen molar-refractivity contribution < 1.29 is 14.3 Å². The van der Waals surface area contributed by atoms with E-state index in [1.165, 1.54) is 5.56 Å². The fourth-order valence-corrected chi connectivity index (χ4v) is 2.80. The van der Waals surface area contributed by atoms with Gasteiger partial charge in [0.2, 0.25) is 0 Å². The van der Waals surface area contributed by atoms with Crippen LogP contribution in [0.2, 0.25) is 0 Å². The highest BCUT2D eigenvalue weighted by atomic mass is 16.6. The normalized spacial score (nSPS) is 12.4. The summed E-state index contributed by atoms with van der Waals surface area (Å²) >= 11 is 0. The summed E-state index contributed by atoms with van der Waals surface area (Å²) in [6.45, 7) is 5.11. The summed E-state index contributed by atoms with van der Waals surface area (Å²) in [6.07, 6.45) is 0. The average Bonchev–Trinajstić information content (AvgIpc) is 2.71. The molecule has 4 rings (SSSR count). The fourth-order valence-electron chi connectivity index (χ4n) is 2.80. The highest BCUT2D eigenvalue weighted by Gasteiger charge is 2.13. The number of aryl methyl sites for hydroxylation is 2. The molecule has 0 bridgehead atoms. The molecule has 28 heavy (non-hydrogen) atoms. The Morgan fingerprint density at radius 1 is 0.857 bits per heavy atom. The number of carbonyl (C=O) groups is 1. The van der Waals surface area contributed by atoms with Gasteiger partial charge in [0.15, 0.2) is 23.0 Å². The third-order valence-electron chi connectivity index (χ3n) is 4.48. The number of carbonyl (C=O) groups excluding carboxylic acids is 1. The molecule has 0 radical (unpaired) electrons. The van der Waals surface area contributed by atoms with Gasteiger partial charge in [-0.3, -0.25) is 4.79 Å². The van der Waals surface area contributed by atoms with Crippen LogP contribution in [0.15, 0.2) is 48.5 Å². The second-order valence-corrected chi connectivity index (χ2v) is 6.54. The van der Waals surface area contributed by atoms with Crippen LogP contribution >= 0.6 is 0 Å². The minimum atomic E-state index is -0.304. The molecule has 0 aliphatic carbocycles. The molecular formula is C21H20N4O3. The van der Waals surface area contributed by atoms with E-state index in [9.17, 15) is 4.79 Å². The molecule has 0 fully saturated rings. The lowest BCUT2D eigenvalue weighted by molar-refractivity contribution is 0.102. The van der Waals surface area contributed by atoms with E-state index in [1.54, 1.807) is 12.1 Å². The van der Waals surface area contributed by atoms with Gasteiger partial charge < -0.3 is 20.1 Å². The Hall–Kier alpha value is -3.61. The van der Waals surface area contributed by atoms with Crippen LogP contribution in [0.4, 0.5) is 17.2 Å². The van der Waals surface area contributed by atoms with Gasteiger partial charge in [-0.05, 0) is 61.4 Å². The zero-order valence-corrected chi connectivity index (χ0v) is 15.7. The quantitative estimate of drug-likeness (QED) is 0.719. The molecule has 7 nitrogen and oxygen atoms in total. The van der Waals surface area contributed by atoms with Crippen LogP contribution in [-0.2, 0) is 0 Å². The molecule has 142 valence electrons. The Balaban J connectivity index is 1.43. The number of nitrogens with zero attached hydrogens (tertiary/aromatic N) is 2. The number of rotatable bonds is 4. The molecule has 2 aromatic carbocycles. The zero-order valence-electron chi connectivity index (χ0n) is 15.7. The number of amides is 1. The van der Waals surface area contributed by atoms with E-state index < -0.39 is 0 Å². The van der Waals surface area contributed by atoms with E-state index in [0.717, 1.165) is 22.7 Å². The topological polar surface area (TPSA) is 85.4 Å². The maximum atomic E-state index is 12.4. The summed E-state index contributed by atoms with van der Waals surface area (Å²) in [5.41, 5.74) is 4.06. The van der Waals surface area contributed by atoms with Crippen LogP contribution in [0.25, 0.3) is 0 Å². The van der Waals surface area contributed by atoms with E-state index in [0.29, 0.717) is 24.8 Å². The molecule has 0 spiro atoms. The molecule has 0 saturated carbocycles. The summed E-state index contributed by atoms with van der Waals surface area (Å²) in [4.78, 5) is 12.4. The first-order valence-electron chi connectivity index (χ1n) is 8.97. The van der Waals surface area contributed by atoms with Gasteiger partial charge in [-0.15, -0.1) is 10.2 Å². The van der Waals surface area contributed by atoms with Crippen LogP contribution in [0.1, 0.15) is 21.6 Å². The Kier molecular flexibility index (Phi) is 4.80. The maximum absolute atomic E-state index is 12.4. The second-order valence-electron chi connectivity index (χ2n) is 6.54.